The minimum absolute atomic E-state index is 0. The molecule has 0 spiro atoms. The van der Waals surface area contributed by atoms with E-state index in [1.165, 1.54) is 28.4 Å². The van der Waals surface area contributed by atoms with Crippen molar-refractivity contribution in [2.45, 2.75) is 24.8 Å². The van der Waals surface area contributed by atoms with Crippen molar-refractivity contribution in [2.75, 3.05) is 32.6 Å². The van der Waals surface area contributed by atoms with Crippen molar-refractivity contribution in [3.05, 3.63) is 58.2 Å². The predicted octanol–water partition coefficient (Wildman–Crippen LogP) is 3.92. The number of halogens is 2. The zero-order valence-electron chi connectivity index (χ0n) is 16.0. The van der Waals surface area contributed by atoms with Crippen LogP contribution in [0.3, 0.4) is 0 Å². The summed E-state index contributed by atoms with van der Waals surface area (Å²) in [5.74, 6) is 1.78. The predicted molar refractivity (Wildman–Crippen MR) is 127 cm³/mol. The van der Waals surface area contributed by atoms with Gasteiger partial charge in [-0.1, -0.05) is 34.1 Å². The summed E-state index contributed by atoms with van der Waals surface area (Å²) in [5, 5.41) is 6.90. The Labute approximate surface area is 187 Å². The van der Waals surface area contributed by atoms with Crippen LogP contribution in [-0.4, -0.2) is 38.6 Å². The van der Waals surface area contributed by atoms with Crippen LogP contribution in [0.25, 0.3) is 0 Å². The molecule has 1 fully saturated rings. The molecule has 146 valence electrons. The highest BCUT2D eigenvalue weighted by molar-refractivity contribution is 14.0. The largest absolute Gasteiger partial charge is 0.363 e. The monoisotopic (exact) mass is 543 g/mol. The van der Waals surface area contributed by atoms with Crippen molar-refractivity contribution in [1.82, 2.24) is 15.6 Å². The van der Waals surface area contributed by atoms with Crippen molar-refractivity contribution in [3.8, 4) is 0 Å². The number of hydrogen-bond donors (Lipinski definition) is 2. The topological polar surface area (TPSA) is 52.6 Å². The lowest BCUT2D eigenvalue weighted by Crippen LogP contribution is -2.41. The Kier molecular flexibility index (Phi) is 7.91. The minimum Gasteiger partial charge on any atom is -0.363 e. The first-order chi connectivity index (χ1) is 12.5. The number of aromatic nitrogens is 1. The number of pyridine rings is 1. The molecule has 1 saturated carbocycles. The van der Waals surface area contributed by atoms with Crippen LogP contribution in [0.5, 0.6) is 0 Å². The highest BCUT2D eigenvalue weighted by atomic mass is 127. The second-order valence-electron chi connectivity index (χ2n) is 6.96. The molecule has 1 heterocycles. The molecule has 27 heavy (non-hydrogen) atoms. The first kappa shape index (κ1) is 21.9. The summed E-state index contributed by atoms with van der Waals surface area (Å²) < 4.78 is 1.19. The fourth-order valence-corrected chi connectivity index (χ4v) is 3.76. The summed E-state index contributed by atoms with van der Waals surface area (Å²) in [5.41, 5.74) is 2.78. The van der Waals surface area contributed by atoms with Crippen molar-refractivity contribution in [3.63, 3.8) is 0 Å². The number of aliphatic imine (C=N–C) groups is 1. The van der Waals surface area contributed by atoms with E-state index in [-0.39, 0.29) is 29.4 Å². The third-order valence-corrected chi connectivity index (χ3v) is 5.54. The molecule has 0 atom stereocenters. The van der Waals surface area contributed by atoms with Crippen molar-refractivity contribution in [2.24, 2.45) is 4.99 Å². The van der Waals surface area contributed by atoms with E-state index in [2.05, 4.69) is 66.9 Å². The van der Waals surface area contributed by atoms with E-state index in [1.807, 2.05) is 38.3 Å². The Balaban J connectivity index is 0.00000261. The van der Waals surface area contributed by atoms with E-state index in [9.17, 15) is 0 Å². The minimum atomic E-state index is 0. The van der Waals surface area contributed by atoms with Crippen molar-refractivity contribution in [1.29, 1.82) is 0 Å². The summed E-state index contributed by atoms with van der Waals surface area (Å²) in [6, 6.07) is 12.6. The lowest BCUT2D eigenvalue weighted by molar-refractivity contribution is 0.643. The van der Waals surface area contributed by atoms with Gasteiger partial charge in [0, 0.05) is 50.3 Å². The summed E-state index contributed by atoms with van der Waals surface area (Å²) >= 11 is 3.69. The maximum atomic E-state index is 4.36. The lowest BCUT2D eigenvalue weighted by Gasteiger charge is -2.20. The normalized spacial score (nSPS) is 14.9. The number of nitrogens with one attached hydrogen (secondary N) is 2. The van der Waals surface area contributed by atoms with Gasteiger partial charge in [-0.05, 0) is 42.2 Å². The van der Waals surface area contributed by atoms with Gasteiger partial charge in [0.05, 0.1) is 0 Å². The molecule has 0 saturated heterocycles. The van der Waals surface area contributed by atoms with Crippen LogP contribution >= 0.6 is 39.9 Å². The molecule has 1 aromatic carbocycles. The summed E-state index contributed by atoms with van der Waals surface area (Å²) in [4.78, 5) is 10.7. The van der Waals surface area contributed by atoms with E-state index in [1.54, 1.807) is 0 Å². The van der Waals surface area contributed by atoms with Crippen LogP contribution in [0.4, 0.5) is 5.82 Å². The number of guanidine groups is 1. The standard InChI is InChI=1S/C20H26BrN5.HI/c1-22-19(24-13-15-8-11-23-18(12-15)26(2)3)25-14-20(9-10-20)16-6-4-5-7-17(16)21;/h4-8,11-12H,9-10,13-14H2,1-3H3,(H2,22,24,25);1H. The maximum absolute atomic E-state index is 4.36. The summed E-state index contributed by atoms with van der Waals surface area (Å²) in [6.07, 6.45) is 4.25. The van der Waals surface area contributed by atoms with Gasteiger partial charge in [-0.3, -0.25) is 4.99 Å². The van der Waals surface area contributed by atoms with Gasteiger partial charge in [-0.25, -0.2) is 4.98 Å². The second-order valence-corrected chi connectivity index (χ2v) is 7.81. The highest BCUT2D eigenvalue weighted by Gasteiger charge is 2.45. The Morgan fingerprint density at radius 2 is 1.96 bits per heavy atom. The van der Waals surface area contributed by atoms with Gasteiger partial charge in [0.25, 0.3) is 0 Å². The average Bonchev–Trinajstić information content (AvgIpc) is 3.43. The molecular weight excluding hydrogens is 517 g/mol. The molecular formula is C20H27BrIN5. The van der Waals surface area contributed by atoms with Crippen LogP contribution in [0, 0.1) is 0 Å². The molecule has 2 aromatic rings. The first-order valence-corrected chi connectivity index (χ1v) is 9.65. The van der Waals surface area contributed by atoms with E-state index in [4.69, 9.17) is 0 Å². The first-order valence-electron chi connectivity index (χ1n) is 8.86. The molecule has 0 unspecified atom stereocenters. The Bertz CT molecular complexity index is 789. The molecule has 0 aliphatic heterocycles. The van der Waals surface area contributed by atoms with Gasteiger partial charge in [0.1, 0.15) is 5.82 Å². The SMILES string of the molecule is CN=C(NCc1ccnc(N(C)C)c1)NCC1(c2ccccc2Br)CC1.I. The molecule has 2 N–H and O–H groups in total. The van der Waals surface area contributed by atoms with E-state index >= 15 is 0 Å². The molecule has 1 aliphatic rings. The zero-order valence-corrected chi connectivity index (χ0v) is 19.9. The molecule has 3 rings (SSSR count). The third-order valence-electron chi connectivity index (χ3n) is 4.84. The lowest BCUT2D eigenvalue weighted by atomic mass is 9.96. The number of hydrogen-bond acceptors (Lipinski definition) is 3. The van der Waals surface area contributed by atoms with E-state index in [0.29, 0.717) is 6.54 Å². The van der Waals surface area contributed by atoms with Crippen LogP contribution < -0.4 is 15.5 Å². The zero-order chi connectivity index (χ0) is 18.6. The van der Waals surface area contributed by atoms with Crippen LogP contribution in [0.1, 0.15) is 24.0 Å². The third kappa shape index (κ3) is 5.57. The van der Waals surface area contributed by atoms with Gasteiger partial charge in [0.15, 0.2) is 5.96 Å². The van der Waals surface area contributed by atoms with Crippen molar-refractivity contribution >= 4 is 51.7 Å². The Morgan fingerprint density at radius 1 is 1.22 bits per heavy atom. The van der Waals surface area contributed by atoms with Gasteiger partial charge in [-0.2, -0.15) is 0 Å². The molecule has 5 nitrogen and oxygen atoms in total. The number of nitrogens with zero attached hydrogens (tertiary/aromatic N) is 3. The molecule has 7 heteroatoms. The van der Waals surface area contributed by atoms with Crippen LogP contribution in [0.2, 0.25) is 0 Å². The molecule has 1 aromatic heterocycles. The quantitative estimate of drug-likeness (QED) is 0.329. The molecule has 0 radical (unpaired) electrons. The average molecular weight is 544 g/mol. The fourth-order valence-electron chi connectivity index (χ4n) is 3.06. The fraction of sp³-hybridized carbons (Fsp3) is 0.400. The number of rotatable bonds is 6. The number of anilines is 1. The smallest absolute Gasteiger partial charge is 0.191 e. The summed E-state index contributed by atoms with van der Waals surface area (Å²) in [6.45, 7) is 1.60. The Morgan fingerprint density at radius 3 is 2.59 bits per heavy atom. The molecule has 0 bridgehead atoms. The van der Waals surface area contributed by atoms with Crippen LogP contribution in [0.15, 0.2) is 52.1 Å². The molecule has 1 aliphatic carbocycles. The maximum Gasteiger partial charge on any atom is 0.191 e. The van der Waals surface area contributed by atoms with E-state index < -0.39 is 0 Å². The number of benzene rings is 1. The molecule has 0 amide bonds. The highest BCUT2D eigenvalue weighted by Crippen LogP contribution is 2.49. The van der Waals surface area contributed by atoms with Gasteiger partial charge in [-0.15, -0.1) is 24.0 Å². The van der Waals surface area contributed by atoms with Crippen LogP contribution in [-0.2, 0) is 12.0 Å². The second kappa shape index (κ2) is 9.73. The van der Waals surface area contributed by atoms with Gasteiger partial charge in [0.2, 0.25) is 0 Å². The van der Waals surface area contributed by atoms with Crippen molar-refractivity contribution < 1.29 is 0 Å². The van der Waals surface area contributed by atoms with Gasteiger partial charge < -0.3 is 15.5 Å². The summed E-state index contributed by atoms with van der Waals surface area (Å²) in [7, 11) is 5.80. The Hall–Kier alpha value is -1.35. The van der Waals surface area contributed by atoms with Gasteiger partial charge >= 0.3 is 0 Å². The van der Waals surface area contributed by atoms with E-state index in [0.717, 1.165) is 18.3 Å².